The smallest absolute Gasteiger partial charge is 0.327 e. The van der Waals surface area contributed by atoms with Gasteiger partial charge in [0, 0.05) is 42.7 Å². The maximum absolute atomic E-state index is 15.7. The lowest BCUT2D eigenvalue weighted by molar-refractivity contribution is -0.225. The molecule has 0 spiro atoms. The van der Waals surface area contributed by atoms with Gasteiger partial charge in [0.2, 0.25) is 11.8 Å². The van der Waals surface area contributed by atoms with E-state index < -0.39 is 89.7 Å². The van der Waals surface area contributed by atoms with Crippen molar-refractivity contribution < 1.29 is 48.1 Å². The number of halogens is 1. The van der Waals surface area contributed by atoms with Gasteiger partial charge in [-0.15, -0.1) is 0 Å². The van der Waals surface area contributed by atoms with Gasteiger partial charge in [-0.25, -0.2) is 0 Å². The molecule has 2 aromatic rings. The highest BCUT2D eigenvalue weighted by atomic mass is 127. The Labute approximate surface area is 368 Å². The summed E-state index contributed by atoms with van der Waals surface area (Å²) in [6.07, 6.45) is 4.53. The number of nitrogens with zero attached hydrogens (tertiary/aromatic N) is 2. The lowest BCUT2D eigenvalue weighted by Gasteiger charge is -2.50. The number of amides is 2. The number of unbranched alkanes of at least 4 members (excludes halogenated alkanes) is 4. The molecule has 1 saturated carbocycles. The predicted octanol–water partition coefficient (Wildman–Crippen LogP) is 6.40. The Morgan fingerprint density at radius 2 is 1.62 bits per heavy atom. The number of hydrogen-bond donors (Lipinski definition) is 2. The van der Waals surface area contributed by atoms with Crippen molar-refractivity contribution in [2.45, 2.75) is 172 Å². The summed E-state index contributed by atoms with van der Waals surface area (Å²) in [6, 6.07) is 14.3. The summed E-state index contributed by atoms with van der Waals surface area (Å²) in [7, 11) is 1.59. The maximum atomic E-state index is 15.7. The molecule has 6 rings (SSSR count). The second-order valence-corrected chi connectivity index (χ2v) is 19.2. The molecule has 3 heterocycles. The van der Waals surface area contributed by atoms with Crippen LogP contribution >= 0.6 is 22.6 Å². The van der Waals surface area contributed by atoms with Crippen molar-refractivity contribution in [2.24, 2.45) is 5.41 Å². The first-order chi connectivity index (χ1) is 28.6. The number of nitrogens with one attached hydrogen (secondary N) is 1. The lowest BCUT2D eigenvalue weighted by Crippen LogP contribution is -2.70. The largest absolute Gasteiger partial charge is 0.460 e. The van der Waals surface area contributed by atoms with E-state index in [1.807, 2.05) is 54.6 Å². The van der Waals surface area contributed by atoms with Gasteiger partial charge in [-0.1, -0.05) is 82.0 Å². The number of fused-ring (bicyclic) bond motifs is 4. The van der Waals surface area contributed by atoms with Crippen LogP contribution in [0.15, 0.2) is 54.6 Å². The minimum atomic E-state index is -1.49. The van der Waals surface area contributed by atoms with E-state index in [0.717, 1.165) is 53.2 Å². The van der Waals surface area contributed by atoms with E-state index in [2.05, 4.69) is 41.8 Å². The van der Waals surface area contributed by atoms with Gasteiger partial charge in [-0.2, -0.15) is 5.06 Å². The van der Waals surface area contributed by atoms with Gasteiger partial charge in [-0.3, -0.25) is 24.0 Å². The molecular weight excluding hydrogens is 881 g/mol. The van der Waals surface area contributed by atoms with E-state index in [1.54, 1.807) is 32.9 Å². The number of ether oxygens (including phenoxy) is 4. The molecular formula is C46H64IN3O10. The summed E-state index contributed by atoms with van der Waals surface area (Å²) in [5, 5.41) is 14.9. The highest BCUT2D eigenvalue weighted by molar-refractivity contribution is 14.1. The number of esters is 2. The molecule has 2 bridgehead atoms. The van der Waals surface area contributed by atoms with Crippen LogP contribution in [0.2, 0.25) is 0 Å². The van der Waals surface area contributed by atoms with Gasteiger partial charge in [-0.05, 0) is 85.9 Å². The van der Waals surface area contributed by atoms with E-state index in [9.17, 15) is 19.5 Å². The minimum absolute atomic E-state index is 0.0202. The number of aliphatic hydroxyl groups excluding tert-OH is 1. The van der Waals surface area contributed by atoms with Gasteiger partial charge in [0.05, 0.1) is 19.2 Å². The average Bonchev–Trinajstić information content (AvgIpc) is 3.77. The third-order valence-electron chi connectivity index (χ3n) is 12.3. The minimum Gasteiger partial charge on any atom is -0.460 e. The predicted molar refractivity (Wildman–Crippen MR) is 232 cm³/mol. The fraction of sp³-hybridized carbons (Fsp3) is 0.652. The van der Waals surface area contributed by atoms with E-state index >= 15 is 4.79 Å². The van der Waals surface area contributed by atoms with E-state index in [0.29, 0.717) is 12.8 Å². The zero-order chi connectivity index (χ0) is 43.2. The van der Waals surface area contributed by atoms with Crippen LogP contribution in [0, 0.1) is 8.99 Å². The number of benzene rings is 2. The van der Waals surface area contributed by atoms with E-state index in [1.165, 1.54) is 4.90 Å². The highest BCUT2D eigenvalue weighted by Gasteiger charge is 2.76. The molecule has 60 heavy (non-hydrogen) atoms. The van der Waals surface area contributed by atoms with E-state index in [4.69, 9.17) is 23.8 Å². The zero-order valence-corrected chi connectivity index (χ0v) is 38.2. The molecule has 3 aliphatic heterocycles. The molecule has 2 amide bonds. The Morgan fingerprint density at radius 3 is 2.23 bits per heavy atom. The monoisotopic (exact) mass is 945 g/mol. The van der Waals surface area contributed by atoms with Gasteiger partial charge in [0.1, 0.15) is 41.5 Å². The number of aliphatic hydroxyl groups is 1. The topological polar surface area (TPSA) is 153 Å². The number of likely N-dealkylation sites (N-methyl/N-ethyl adjacent to an activating group) is 1. The Hall–Kier alpha value is -3.15. The second-order valence-electron chi connectivity index (χ2n) is 18.0. The third kappa shape index (κ3) is 10.4. The number of hydrogen-bond acceptors (Lipinski definition) is 11. The first-order valence-corrected chi connectivity index (χ1v) is 22.9. The van der Waals surface area contributed by atoms with Crippen molar-refractivity contribution in [2.75, 3.05) is 13.7 Å². The summed E-state index contributed by atoms with van der Waals surface area (Å²) in [5.74, 6) is -2.89. The van der Waals surface area contributed by atoms with Crippen LogP contribution in [0.4, 0.5) is 0 Å². The summed E-state index contributed by atoms with van der Waals surface area (Å²) in [5.41, 5.74) is -0.476. The van der Waals surface area contributed by atoms with Crippen molar-refractivity contribution in [1.82, 2.24) is 15.3 Å². The standard InChI is InChI=1S/C46H64IN3O10/c1-7-9-14-24-45(25-15-10-8-2)58-37-35-27-46(39(42(54)56-35)50(60-40(46)38(37)59-45)28-31-18-20-32(47)21-19-31)43(55)49(6)34(26-30-16-12-11-13-17-30)41(53)48-33(29-51)22-23-36(52)57-44(3,4)5/h11-13,16-21,33-35,37-40,51H,7-10,14-15,22-29H2,1-6H3,(H,48,53). The molecule has 13 nitrogen and oxygen atoms in total. The van der Waals surface area contributed by atoms with Gasteiger partial charge in [0.15, 0.2) is 11.8 Å². The SMILES string of the molecule is CCCCCC1(CCCCC)OC2C3CC4(C(=O)N(C)C(Cc5ccccc5)C(=O)NC(CO)CCC(=O)OC(C)(C)C)C(ON(Cc5ccc(I)cc5)C4C(=O)O3)C2O1. The molecule has 2 N–H and O–H groups in total. The van der Waals surface area contributed by atoms with Gasteiger partial charge >= 0.3 is 11.9 Å². The van der Waals surface area contributed by atoms with Crippen LogP contribution in [-0.2, 0) is 55.9 Å². The molecule has 330 valence electrons. The van der Waals surface area contributed by atoms with E-state index in [-0.39, 0.29) is 32.2 Å². The Morgan fingerprint density at radius 1 is 0.967 bits per heavy atom. The molecule has 8 unspecified atom stereocenters. The van der Waals surface area contributed by atoms with Crippen LogP contribution in [0.3, 0.4) is 0 Å². The fourth-order valence-electron chi connectivity index (χ4n) is 9.35. The normalized spacial score (nSPS) is 26.5. The highest BCUT2D eigenvalue weighted by Crippen LogP contribution is 2.58. The van der Waals surface area contributed by atoms with Crippen molar-refractivity contribution in [3.63, 3.8) is 0 Å². The molecule has 14 heteroatoms. The third-order valence-corrected chi connectivity index (χ3v) is 13.0. The average molecular weight is 946 g/mol. The lowest BCUT2D eigenvalue weighted by atomic mass is 9.62. The number of carbonyl (C=O) groups excluding carboxylic acids is 4. The van der Waals surface area contributed by atoms with Crippen LogP contribution in [0.25, 0.3) is 0 Å². The number of hydroxylamine groups is 2. The van der Waals surface area contributed by atoms with Crippen molar-refractivity contribution in [3.8, 4) is 0 Å². The maximum Gasteiger partial charge on any atom is 0.327 e. The second kappa shape index (κ2) is 19.9. The Bertz CT molecular complexity index is 1780. The first-order valence-electron chi connectivity index (χ1n) is 21.8. The molecule has 4 fully saturated rings. The van der Waals surface area contributed by atoms with Crippen LogP contribution < -0.4 is 5.32 Å². The molecule has 1 aliphatic carbocycles. The molecule has 8 atom stereocenters. The molecule has 3 saturated heterocycles. The molecule has 4 aliphatic rings. The van der Waals surface area contributed by atoms with Crippen molar-refractivity contribution in [3.05, 3.63) is 69.3 Å². The summed E-state index contributed by atoms with van der Waals surface area (Å²) in [4.78, 5) is 65.5. The molecule has 2 aromatic carbocycles. The summed E-state index contributed by atoms with van der Waals surface area (Å²) >= 11 is 2.24. The van der Waals surface area contributed by atoms with Gasteiger partial charge in [0.25, 0.3) is 0 Å². The van der Waals surface area contributed by atoms with Crippen LogP contribution in [0.5, 0.6) is 0 Å². The summed E-state index contributed by atoms with van der Waals surface area (Å²) in [6.45, 7) is 9.42. The Kier molecular flexibility index (Phi) is 15.4. The quantitative estimate of drug-likeness (QED) is 0.0862. The van der Waals surface area contributed by atoms with Crippen molar-refractivity contribution in [1.29, 1.82) is 0 Å². The van der Waals surface area contributed by atoms with Crippen LogP contribution in [0.1, 0.15) is 116 Å². The van der Waals surface area contributed by atoms with Gasteiger partial charge < -0.3 is 34.3 Å². The fourth-order valence-corrected chi connectivity index (χ4v) is 9.71. The Balaban J connectivity index is 1.35. The van der Waals surface area contributed by atoms with Crippen LogP contribution in [-0.4, -0.2) is 106 Å². The zero-order valence-electron chi connectivity index (χ0n) is 36.0. The summed E-state index contributed by atoms with van der Waals surface area (Å²) < 4.78 is 26.8. The first kappa shape index (κ1) is 46.4. The number of carbonyl (C=O) groups is 4. The molecule has 0 radical (unpaired) electrons. The molecule has 0 aromatic heterocycles. The number of rotatable bonds is 20. The van der Waals surface area contributed by atoms with Crippen molar-refractivity contribution >= 4 is 46.3 Å².